The van der Waals surface area contributed by atoms with Gasteiger partial charge in [-0.25, -0.2) is 8.78 Å². The van der Waals surface area contributed by atoms with Crippen LogP contribution in [0, 0.1) is 0 Å². The lowest BCUT2D eigenvalue weighted by Gasteiger charge is -2.28. The second-order valence-corrected chi connectivity index (χ2v) is 6.38. The second kappa shape index (κ2) is 10.4. The summed E-state index contributed by atoms with van der Waals surface area (Å²) in [5.41, 5.74) is 4.41. The molecule has 0 unspecified atom stereocenters. The lowest BCUT2D eigenvalue weighted by molar-refractivity contribution is -0.171. The average Bonchev–Trinajstić information content (AvgIpc) is 2.71. The predicted octanol–water partition coefficient (Wildman–Crippen LogP) is 0.460. The van der Waals surface area contributed by atoms with Crippen molar-refractivity contribution in [2.45, 2.75) is 25.0 Å². The third kappa shape index (κ3) is 6.24. The van der Waals surface area contributed by atoms with Crippen LogP contribution in [0.1, 0.15) is 0 Å². The number of nitrogens with zero attached hydrogens (tertiary/aromatic N) is 1. The minimum atomic E-state index is -5.22. The van der Waals surface area contributed by atoms with E-state index in [9.17, 15) is 45.5 Å². The van der Waals surface area contributed by atoms with Gasteiger partial charge in [0, 0.05) is 18.3 Å². The number of primary amides is 1. The number of amides is 4. The van der Waals surface area contributed by atoms with Gasteiger partial charge in [-0.15, -0.1) is 0 Å². The number of halogens is 6. The van der Waals surface area contributed by atoms with E-state index >= 15 is 0 Å². The highest BCUT2D eigenvalue weighted by molar-refractivity contribution is 6.12. The van der Waals surface area contributed by atoms with E-state index in [1.807, 2.05) is 5.32 Å². The summed E-state index contributed by atoms with van der Waals surface area (Å²) < 4.78 is 85.7. The maximum absolute atomic E-state index is 13.1. The summed E-state index contributed by atoms with van der Waals surface area (Å²) in [6, 6.07) is 0.471. The Hall–Kier alpha value is -3.56. The van der Waals surface area contributed by atoms with Gasteiger partial charge in [0.2, 0.25) is 5.91 Å². The van der Waals surface area contributed by atoms with Crippen LogP contribution in [0.2, 0.25) is 0 Å². The Morgan fingerprint density at radius 2 is 1.85 bits per heavy atom. The van der Waals surface area contributed by atoms with E-state index in [4.69, 9.17) is 10.5 Å². The summed E-state index contributed by atoms with van der Waals surface area (Å²) in [4.78, 5) is 48.0. The van der Waals surface area contributed by atoms with Gasteiger partial charge in [-0.2, -0.15) is 17.6 Å². The Labute approximate surface area is 181 Å². The number of nitrogens with two attached hydrogens (primary N) is 1. The van der Waals surface area contributed by atoms with Crippen molar-refractivity contribution in [2.75, 3.05) is 30.0 Å². The molecule has 1 atom stereocenters. The van der Waals surface area contributed by atoms with Gasteiger partial charge >= 0.3 is 19.0 Å². The highest BCUT2D eigenvalue weighted by Crippen LogP contribution is 2.33. The molecule has 0 radical (unpaired) electrons. The topological polar surface area (TPSA) is 140 Å². The molecule has 0 bridgehead atoms. The SMILES string of the molecule is NC(=O)[C@@H](NC(=O)C(F)(F)C(F)F)C(=O)Nc1ccc(N2CCOCC2=O)c(OC(F)F)c1. The van der Waals surface area contributed by atoms with Crippen LogP contribution in [-0.4, -0.2) is 68.4 Å². The Morgan fingerprint density at radius 1 is 1.18 bits per heavy atom. The van der Waals surface area contributed by atoms with Gasteiger partial charge in [0.25, 0.3) is 17.7 Å². The number of morpholine rings is 1. The molecule has 4 amide bonds. The first-order chi connectivity index (χ1) is 15.3. The first-order valence-corrected chi connectivity index (χ1v) is 8.88. The highest BCUT2D eigenvalue weighted by atomic mass is 19.3. The van der Waals surface area contributed by atoms with Gasteiger partial charge in [0.15, 0.2) is 11.8 Å². The molecule has 1 aromatic rings. The number of alkyl halides is 6. The Bertz CT molecular complexity index is 931. The number of rotatable bonds is 9. The van der Waals surface area contributed by atoms with Crippen molar-refractivity contribution in [1.29, 1.82) is 0 Å². The van der Waals surface area contributed by atoms with E-state index in [-0.39, 0.29) is 31.1 Å². The lowest BCUT2D eigenvalue weighted by atomic mass is 10.2. The van der Waals surface area contributed by atoms with Gasteiger partial charge in [-0.3, -0.25) is 19.2 Å². The fourth-order valence-corrected chi connectivity index (χ4v) is 2.58. The van der Waals surface area contributed by atoms with Crippen LogP contribution >= 0.6 is 0 Å². The molecule has 10 nitrogen and oxygen atoms in total. The number of benzene rings is 1. The number of carbonyl (C=O) groups excluding carboxylic acids is 4. The van der Waals surface area contributed by atoms with Gasteiger partial charge in [0.1, 0.15) is 6.61 Å². The van der Waals surface area contributed by atoms with E-state index < -0.39 is 54.4 Å². The van der Waals surface area contributed by atoms with E-state index in [0.717, 1.165) is 28.4 Å². The van der Waals surface area contributed by atoms with Crippen LogP contribution in [0.15, 0.2) is 18.2 Å². The number of anilines is 2. The molecule has 0 aromatic heterocycles. The summed E-state index contributed by atoms with van der Waals surface area (Å²) in [6.45, 7) is -3.57. The van der Waals surface area contributed by atoms with Gasteiger partial charge in [-0.05, 0) is 12.1 Å². The van der Waals surface area contributed by atoms with Crippen molar-refractivity contribution >= 4 is 35.0 Å². The van der Waals surface area contributed by atoms with Crippen LogP contribution in [0.25, 0.3) is 0 Å². The van der Waals surface area contributed by atoms with E-state index in [1.165, 1.54) is 0 Å². The standard InChI is InChI=1S/C17H16F6N4O6/c18-14(19)17(22,23)15(31)26-11(12(24)29)13(30)25-7-1-2-8(9(5-7)33-16(20)21)27-3-4-32-6-10(27)28/h1-2,5,11,14,16H,3-4,6H2,(H2,24,29)(H,25,30)(H,26,31)/t11-/m1/s1. The Morgan fingerprint density at radius 3 is 2.39 bits per heavy atom. The number of carbonyl (C=O) groups is 4. The van der Waals surface area contributed by atoms with Crippen LogP contribution in [0.3, 0.4) is 0 Å². The molecule has 0 aliphatic carbocycles. The minimum Gasteiger partial charge on any atom is -0.433 e. The fraction of sp³-hybridized carbons (Fsp3) is 0.412. The van der Waals surface area contributed by atoms with Gasteiger partial charge in [-0.1, -0.05) is 0 Å². The molecule has 1 aliphatic heterocycles. The lowest BCUT2D eigenvalue weighted by Crippen LogP contribution is -2.57. The van der Waals surface area contributed by atoms with Crippen molar-refractivity contribution in [3.05, 3.63) is 18.2 Å². The number of ether oxygens (including phenoxy) is 2. The van der Waals surface area contributed by atoms with E-state index in [1.54, 1.807) is 0 Å². The molecule has 1 heterocycles. The smallest absolute Gasteiger partial charge is 0.387 e. The third-order valence-corrected chi connectivity index (χ3v) is 4.12. The largest absolute Gasteiger partial charge is 0.433 e. The molecule has 4 N–H and O–H groups in total. The second-order valence-electron chi connectivity index (χ2n) is 6.38. The molecular formula is C17H16F6N4O6. The molecule has 1 aromatic carbocycles. The molecule has 16 heteroatoms. The summed E-state index contributed by atoms with van der Waals surface area (Å²) in [7, 11) is 0. The Balaban J connectivity index is 2.26. The van der Waals surface area contributed by atoms with Crippen LogP contribution in [0.4, 0.5) is 37.7 Å². The zero-order valence-corrected chi connectivity index (χ0v) is 16.3. The van der Waals surface area contributed by atoms with Crippen molar-refractivity contribution in [3.63, 3.8) is 0 Å². The summed E-state index contributed by atoms with van der Waals surface area (Å²) >= 11 is 0. The number of hydrogen-bond donors (Lipinski definition) is 3. The van der Waals surface area contributed by atoms with Crippen LogP contribution in [0.5, 0.6) is 5.75 Å². The van der Waals surface area contributed by atoms with Crippen molar-refractivity contribution in [2.24, 2.45) is 5.73 Å². The third-order valence-electron chi connectivity index (χ3n) is 4.12. The normalized spacial score (nSPS) is 15.4. The van der Waals surface area contributed by atoms with E-state index in [0.29, 0.717) is 0 Å². The maximum atomic E-state index is 13.1. The molecule has 182 valence electrons. The molecule has 0 saturated carbocycles. The number of hydrogen-bond acceptors (Lipinski definition) is 6. The van der Waals surface area contributed by atoms with Crippen molar-refractivity contribution in [1.82, 2.24) is 5.32 Å². The van der Waals surface area contributed by atoms with Gasteiger partial charge in [0.05, 0.1) is 12.3 Å². The summed E-state index contributed by atoms with van der Waals surface area (Å²) in [5, 5.41) is 3.02. The van der Waals surface area contributed by atoms with Crippen molar-refractivity contribution in [3.8, 4) is 5.75 Å². The molecular weight excluding hydrogens is 470 g/mol. The zero-order valence-electron chi connectivity index (χ0n) is 16.3. The van der Waals surface area contributed by atoms with Gasteiger partial charge < -0.3 is 30.7 Å². The average molecular weight is 486 g/mol. The van der Waals surface area contributed by atoms with Crippen LogP contribution < -0.4 is 26.0 Å². The van der Waals surface area contributed by atoms with Crippen LogP contribution in [-0.2, 0) is 23.9 Å². The molecule has 0 spiro atoms. The molecule has 2 rings (SSSR count). The monoisotopic (exact) mass is 486 g/mol. The predicted molar refractivity (Wildman–Crippen MR) is 97.0 cm³/mol. The summed E-state index contributed by atoms with van der Waals surface area (Å²) in [6.07, 6.45) is -4.43. The highest BCUT2D eigenvalue weighted by Gasteiger charge is 2.50. The van der Waals surface area contributed by atoms with E-state index in [2.05, 4.69) is 4.74 Å². The quantitative estimate of drug-likeness (QED) is 0.342. The fourth-order valence-electron chi connectivity index (χ4n) is 2.58. The molecule has 1 saturated heterocycles. The Kier molecular flexibility index (Phi) is 8.08. The molecule has 1 aliphatic rings. The minimum absolute atomic E-state index is 0.00172. The number of nitrogens with one attached hydrogen (secondary N) is 2. The zero-order chi connectivity index (χ0) is 24.9. The molecule has 33 heavy (non-hydrogen) atoms. The summed E-state index contributed by atoms with van der Waals surface area (Å²) in [5.74, 6) is -12.2. The van der Waals surface area contributed by atoms with Crippen molar-refractivity contribution < 1.29 is 55.0 Å². The molecule has 1 fully saturated rings. The first-order valence-electron chi connectivity index (χ1n) is 8.88. The first kappa shape index (κ1) is 25.7. The maximum Gasteiger partial charge on any atom is 0.387 e.